The van der Waals surface area contributed by atoms with Crippen LogP contribution in [0.5, 0.6) is 0 Å². The molecule has 0 aliphatic heterocycles. The number of amides is 1. The molecule has 6 nitrogen and oxygen atoms in total. The Bertz CT molecular complexity index is 658. The number of carbonyl (C=O) groups excluding carboxylic acids is 2. The van der Waals surface area contributed by atoms with Gasteiger partial charge in [0.25, 0.3) is 0 Å². The van der Waals surface area contributed by atoms with Gasteiger partial charge in [-0.25, -0.2) is 9.78 Å². The van der Waals surface area contributed by atoms with Crippen LogP contribution < -0.4 is 5.73 Å². The molecule has 0 radical (unpaired) electrons. The van der Waals surface area contributed by atoms with Gasteiger partial charge in [0.15, 0.2) is 6.29 Å². The number of rotatable bonds is 4. The molecule has 2 N–H and O–H groups in total. The number of carbonyl (C=O) groups is 2. The maximum Gasteiger partial charge on any atom is 0.404 e. The minimum atomic E-state index is -0.841. The molecule has 0 unspecified atom stereocenters. The number of nitrogens with zero attached hydrogens (tertiary/aromatic N) is 2. The van der Waals surface area contributed by atoms with Crippen molar-refractivity contribution in [3.8, 4) is 0 Å². The minimum Gasteiger partial charge on any atom is -0.443 e. The Morgan fingerprint density at radius 2 is 2.32 bits per heavy atom. The Balaban J connectivity index is 2.00. The predicted octanol–water partition coefficient (Wildman–Crippen LogP) is 1.62. The normalized spacial score (nSPS) is 14.5. The van der Waals surface area contributed by atoms with Crippen molar-refractivity contribution in [2.75, 3.05) is 0 Å². The SMILES string of the molecule is NC(=O)OCc1cn2cc(C3CC3)cc(C=O)c2n1. The van der Waals surface area contributed by atoms with Crippen molar-refractivity contribution < 1.29 is 14.3 Å². The molecule has 1 aliphatic rings. The van der Waals surface area contributed by atoms with Crippen molar-refractivity contribution in [2.24, 2.45) is 5.73 Å². The second-order valence-electron chi connectivity index (χ2n) is 4.69. The van der Waals surface area contributed by atoms with E-state index in [1.54, 1.807) is 10.6 Å². The highest BCUT2D eigenvalue weighted by atomic mass is 16.5. The average molecular weight is 259 g/mol. The third-order valence-electron chi connectivity index (χ3n) is 3.19. The van der Waals surface area contributed by atoms with Gasteiger partial charge in [0.1, 0.15) is 12.3 Å². The summed E-state index contributed by atoms with van der Waals surface area (Å²) < 4.78 is 6.50. The van der Waals surface area contributed by atoms with Crippen LogP contribution >= 0.6 is 0 Å². The molecule has 3 rings (SSSR count). The molecule has 2 aromatic heterocycles. The number of fused-ring (bicyclic) bond motifs is 1. The lowest BCUT2D eigenvalue weighted by molar-refractivity contribution is 0.112. The highest BCUT2D eigenvalue weighted by Crippen LogP contribution is 2.40. The lowest BCUT2D eigenvalue weighted by atomic mass is 10.1. The van der Waals surface area contributed by atoms with Crippen LogP contribution in [0.3, 0.4) is 0 Å². The molecule has 0 aromatic carbocycles. The highest BCUT2D eigenvalue weighted by Gasteiger charge is 2.25. The van der Waals surface area contributed by atoms with Gasteiger partial charge in [-0.05, 0) is 30.4 Å². The van der Waals surface area contributed by atoms with E-state index in [0.29, 0.717) is 22.8 Å². The van der Waals surface area contributed by atoms with E-state index in [1.165, 1.54) is 0 Å². The number of aromatic nitrogens is 2. The Morgan fingerprint density at radius 3 is 2.95 bits per heavy atom. The molecule has 2 heterocycles. The Labute approximate surface area is 109 Å². The number of hydrogen-bond acceptors (Lipinski definition) is 4. The number of primary amides is 1. The van der Waals surface area contributed by atoms with Crippen LogP contribution in [0.4, 0.5) is 4.79 Å². The molecule has 2 aromatic rings. The van der Waals surface area contributed by atoms with Crippen molar-refractivity contribution >= 4 is 18.0 Å². The van der Waals surface area contributed by atoms with E-state index >= 15 is 0 Å². The molecule has 19 heavy (non-hydrogen) atoms. The summed E-state index contributed by atoms with van der Waals surface area (Å²) in [6.45, 7) is 0.00801. The van der Waals surface area contributed by atoms with Gasteiger partial charge in [0.2, 0.25) is 0 Å². The first kappa shape index (κ1) is 11.7. The third-order valence-corrected chi connectivity index (χ3v) is 3.19. The number of ether oxygens (including phenoxy) is 1. The molecule has 1 fully saturated rings. The van der Waals surface area contributed by atoms with E-state index in [1.807, 2.05) is 12.3 Å². The van der Waals surface area contributed by atoms with Crippen molar-refractivity contribution in [1.29, 1.82) is 0 Å². The summed E-state index contributed by atoms with van der Waals surface area (Å²) in [5.74, 6) is 0.552. The van der Waals surface area contributed by atoms with Gasteiger partial charge in [-0.1, -0.05) is 0 Å². The van der Waals surface area contributed by atoms with E-state index in [9.17, 15) is 9.59 Å². The summed E-state index contributed by atoms with van der Waals surface area (Å²) in [6.07, 6.45) is 6.00. The van der Waals surface area contributed by atoms with E-state index in [-0.39, 0.29) is 6.61 Å². The predicted molar refractivity (Wildman–Crippen MR) is 66.9 cm³/mol. The number of nitrogens with two attached hydrogens (primary N) is 1. The van der Waals surface area contributed by atoms with Gasteiger partial charge in [-0.3, -0.25) is 4.79 Å². The monoisotopic (exact) mass is 259 g/mol. The topological polar surface area (TPSA) is 86.7 Å². The molecule has 1 saturated carbocycles. The van der Waals surface area contributed by atoms with Crippen LogP contribution in [-0.2, 0) is 11.3 Å². The maximum absolute atomic E-state index is 11.1. The van der Waals surface area contributed by atoms with Crippen LogP contribution in [0.1, 0.15) is 40.4 Å². The molecule has 1 amide bonds. The van der Waals surface area contributed by atoms with Gasteiger partial charge >= 0.3 is 6.09 Å². The summed E-state index contributed by atoms with van der Waals surface area (Å²) in [5, 5.41) is 0. The molecule has 0 saturated heterocycles. The Morgan fingerprint density at radius 1 is 1.53 bits per heavy atom. The molecule has 0 bridgehead atoms. The third kappa shape index (κ3) is 2.29. The van der Waals surface area contributed by atoms with Crippen LogP contribution in [0.15, 0.2) is 18.5 Å². The van der Waals surface area contributed by atoms with Gasteiger partial charge in [-0.15, -0.1) is 0 Å². The second-order valence-corrected chi connectivity index (χ2v) is 4.69. The van der Waals surface area contributed by atoms with Crippen LogP contribution in [0.25, 0.3) is 5.65 Å². The smallest absolute Gasteiger partial charge is 0.404 e. The van der Waals surface area contributed by atoms with E-state index in [2.05, 4.69) is 4.98 Å². The van der Waals surface area contributed by atoms with E-state index < -0.39 is 6.09 Å². The van der Waals surface area contributed by atoms with Crippen molar-refractivity contribution in [3.05, 3.63) is 35.3 Å². The summed E-state index contributed by atoms with van der Waals surface area (Å²) in [6, 6.07) is 1.88. The lowest BCUT2D eigenvalue weighted by Crippen LogP contribution is -2.12. The molecular weight excluding hydrogens is 246 g/mol. The zero-order valence-corrected chi connectivity index (χ0v) is 10.2. The van der Waals surface area contributed by atoms with E-state index in [4.69, 9.17) is 10.5 Å². The van der Waals surface area contributed by atoms with Crippen molar-refractivity contribution in [3.63, 3.8) is 0 Å². The van der Waals surface area contributed by atoms with Crippen LogP contribution in [0.2, 0.25) is 0 Å². The van der Waals surface area contributed by atoms with Crippen molar-refractivity contribution in [1.82, 2.24) is 9.38 Å². The number of pyridine rings is 1. The summed E-state index contributed by atoms with van der Waals surface area (Å²) in [4.78, 5) is 26.0. The molecule has 0 spiro atoms. The fourth-order valence-corrected chi connectivity index (χ4v) is 2.14. The lowest BCUT2D eigenvalue weighted by Gasteiger charge is -2.02. The Kier molecular flexibility index (Phi) is 2.70. The highest BCUT2D eigenvalue weighted by molar-refractivity contribution is 5.84. The van der Waals surface area contributed by atoms with Crippen molar-refractivity contribution in [2.45, 2.75) is 25.4 Å². The first-order chi connectivity index (χ1) is 9.17. The second kappa shape index (κ2) is 4.38. The summed E-state index contributed by atoms with van der Waals surface area (Å²) in [5.41, 5.74) is 7.75. The van der Waals surface area contributed by atoms with Crippen LogP contribution in [-0.4, -0.2) is 21.8 Å². The van der Waals surface area contributed by atoms with Crippen LogP contribution in [0, 0.1) is 0 Å². The first-order valence-corrected chi connectivity index (χ1v) is 6.06. The molecule has 0 atom stereocenters. The summed E-state index contributed by atoms with van der Waals surface area (Å²) in [7, 11) is 0. The molecule has 1 aliphatic carbocycles. The van der Waals surface area contributed by atoms with Gasteiger partial charge in [0, 0.05) is 12.4 Å². The zero-order chi connectivity index (χ0) is 13.4. The molecule has 6 heteroatoms. The standard InChI is InChI=1S/C13H13N3O3/c14-13(18)19-7-11-5-16-4-9(8-1-2-8)3-10(6-17)12(16)15-11/h3-6,8H,1-2,7H2,(H2,14,18). The number of aldehydes is 1. The largest absolute Gasteiger partial charge is 0.443 e. The number of hydrogen-bond donors (Lipinski definition) is 1. The molecular formula is C13H13N3O3. The average Bonchev–Trinajstić information content (AvgIpc) is 3.15. The van der Waals surface area contributed by atoms with E-state index in [0.717, 1.165) is 24.7 Å². The minimum absolute atomic E-state index is 0.00801. The van der Waals surface area contributed by atoms with Gasteiger partial charge in [0.05, 0.1) is 11.3 Å². The fraction of sp³-hybridized carbons (Fsp3) is 0.308. The molecule has 98 valence electrons. The fourth-order valence-electron chi connectivity index (χ4n) is 2.14. The Hall–Kier alpha value is -2.37. The first-order valence-electron chi connectivity index (χ1n) is 6.06. The van der Waals surface area contributed by atoms with Gasteiger partial charge in [-0.2, -0.15) is 0 Å². The quantitative estimate of drug-likeness (QED) is 0.845. The van der Waals surface area contributed by atoms with Gasteiger partial charge < -0.3 is 14.9 Å². The maximum atomic E-state index is 11.1. The zero-order valence-electron chi connectivity index (χ0n) is 10.2. The number of imidazole rings is 1. The summed E-state index contributed by atoms with van der Waals surface area (Å²) >= 11 is 0.